The first kappa shape index (κ1) is 6.85. The monoisotopic (exact) mass is 124 g/mol. The lowest BCUT2D eigenvalue weighted by atomic mass is 9.87. The Morgan fingerprint density at radius 3 is 1.89 bits per heavy atom. The lowest BCUT2D eigenvalue weighted by Gasteiger charge is -2.18. The van der Waals surface area contributed by atoms with Crippen LogP contribution >= 0.6 is 0 Å². The van der Waals surface area contributed by atoms with Crippen molar-refractivity contribution in [3.05, 3.63) is 11.1 Å². The molecule has 0 radical (unpaired) electrons. The molecule has 0 saturated heterocycles. The van der Waals surface area contributed by atoms with Gasteiger partial charge in [0.2, 0.25) is 0 Å². The van der Waals surface area contributed by atoms with Crippen LogP contribution in [-0.2, 0) is 0 Å². The summed E-state index contributed by atoms with van der Waals surface area (Å²) >= 11 is 0. The topological polar surface area (TPSA) is 0 Å². The van der Waals surface area contributed by atoms with Gasteiger partial charge in [0.05, 0.1) is 0 Å². The molecule has 0 nitrogen and oxygen atoms in total. The predicted octanol–water partition coefficient (Wildman–Crippen LogP) is 3.14. The third kappa shape index (κ3) is 1.03. The Balaban J connectivity index is 2.88. The Labute approximate surface area is 58.0 Å². The molecule has 52 valence electrons. The van der Waals surface area contributed by atoms with E-state index in [4.69, 9.17) is 0 Å². The van der Waals surface area contributed by atoms with Crippen LogP contribution in [0.2, 0.25) is 0 Å². The SMILES string of the molecule is CC1=C(C)C(C)(C)CC1. The molecule has 0 amide bonds. The molecule has 9 heavy (non-hydrogen) atoms. The van der Waals surface area contributed by atoms with E-state index in [-0.39, 0.29) is 0 Å². The molecule has 0 aromatic heterocycles. The lowest BCUT2D eigenvalue weighted by Crippen LogP contribution is -2.06. The smallest absolute Gasteiger partial charge is 0.0142 e. The third-order valence-electron chi connectivity index (χ3n) is 2.78. The summed E-state index contributed by atoms with van der Waals surface area (Å²) in [5.41, 5.74) is 3.73. The normalized spacial score (nSPS) is 25.3. The molecule has 0 N–H and O–H groups in total. The van der Waals surface area contributed by atoms with Gasteiger partial charge in [0.1, 0.15) is 0 Å². The zero-order chi connectivity index (χ0) is 7.07. The molecule has 0 bridgehead atoms. The molecule has 0 atom stereocenters. The molecule has 0 heteroatoms. The standard InChI is InChI=1S/C9H16/c1-7-5-6-9(3,4)8(7)2/h5-6H2,1-4H3. The van der Waals surface area contributed by atoms with E-state index < -0.39 is 0 Å². The van der Waals surface area contributed by atoms with Gasteiger partial charge in [-0.25, -0.2) is 0 Å². The van der Waals surface area contributed by atoms with Gasteiger partial charge in [-0.3, -0.25) is 0 Å². The minimum atomic E-state index is 0.504. The molecular formula is C9H16. The van der Waals surface area contributed by atoms with Crippen LogP contribution in [-0.4, -0.2) is 0 Å². The molecule has 1 aliphatic carbocycles. The predicted molar refractivity (Wildman–Crippen MR) is 41.4 cm³/mol. The number of allylic oxidation sites excluding steroid dienone is 2. The van der Waals surface area contributed by atoms with Gasteiger partial charge in [-0.15, -0.1) is 0 Å². The quantitative estimate of drug-likeness (QED) is 0.435. The molecule has 0 unspecified atom stereocenters. The summed E-state index contributed by atoms with van der Waals surface area (Å²) in [5.74, 6) is 0. The van der Waals surface area contributed by atoms with Crippen molar-refractivity contribution in [3.8, 4) is 0 Å². The van der Waals surface area contributed by atoms with Crippen LogP contribution in [0.25, 0.3) is 0 Å². The van der Waals surface area contributed by atoms with Crippen molar-refractivity contribution >= 4 is 0 Å². The first-order chi connectivity index (χ1) is 4.04. The van der Waals surface area contributed by atoms with Crippen molar-refractivity contribution in [2.45, 2.75) is 40.5 Å². The largest absolute Gasteiger partial charge is 0.0738 e. The van der Waals surface area contributed by atoms with Crippen LogP contribution in [0.15, 0.2) is 11.1 Å². The summed E-state index contributed by atoms with van der Waals surface area (Å²) in [6, 6.07) is 0. The first-order valence-electron chi connectivity index (χ1n) is 3.71. The van der Waals surface area contributed by atoms with Gasteiger partial charge in [-0.1, -0.05) is 25.0 Å². The Hall–Kier alpha value is -0.260. The fourth-order valence-corrected chi connectivity index (χ4v) is 1.45. The molecular weight excluding hydrogens is 108 g/mol. The molecule has 0 saturated carbocycles. The van der Waals surface area contributed by atoms with E-state index in [2.05, 4.69) is 27.7 Å². The summed E-state index contributed by atoms with van der Waals surface area (Å²) in [5, 5.41) is 0. The van der Waals surface area contributed by atoms with Crippen molar-refractivity contribution in [3.63, 3.8) is 0 Å². The zero-order valence-corrected chi connectivity index (χ0v) is 6.91. The van der Waals surface area contributed by atoms with Crippen molar-refractivity contribution in [1.82, 2.24) is 0 Å². The van der Waals surface area contributed by atoms with Crippen LogP contribution < -0.4 is 0 Å². The summed E-state index contributed by atoms with van der Waals surface area (Å²) in [4.78, 5) is 0. The Bertz CT molecular complexity index is 149. The molecule has 0 aromatic carbocycles. The van der Waals surface area contributed by atoms with Gasteiger partial charge < -0.3 is 0 Å². The highest BCUT2D eigenvalue weighted by molar-refractivity contribution is 5.22. The molecule has 0 fully saturated rings. The van der Waals surface area contributed by atoms with Crippen LogP contribution in [0.1, 0.15) is 40.5 Å². The van der Waals surface area contributed by atoms with Crippen molar-refractivity contribution < 1.29 is 0 Å². The second-order valence-corrected chi connectivity index (χ2v) is 3.79. The Morgan fingerprint density at radius 2 is 1.78 bits per heavy atom. The molecule has 0 heterocycles. The molecule has 1 rings (SSSR count). The summed E-state index contributed by atoms with van der Waals surface area (Å²) in [6.07, 6.45) is 2.67. The van der Waals surface area contributed by atoms with Crippen molar-refractivity contribution in [1.29, 1.82) is 0 Å². The van der Waals surface area contributed by atoms with Crippen LogP contribution in [0.5, 0.6) is 0 Å². The maximum Gasteiger partial charge on any atom is -0.0142 e. The van der Waals surface area contributed by atoms with Crippen LogP contribution in [0, 0.1) is 5.41 Å². The van der Waals surface area contributed by atoms with Gasteiger partial charge in [0, 0.05) is 0 Å². The van der Waals surface area contributed by atoms with Gasteiger partial charge in [-0.2, -0.15) is 0 Å². The zero-order valence-electron chi connectivity index (χ0n) is 6.91. The van der Waals surface area contributed by atoms with Crippen molar-refractivity contribution in [2.75, 3.05) is 0 Å². The lowest BCUT2D eigenvalue weighted by molar-refractivity contribution is 0.443. The van der Waals surface area contributed by atoms with E-state index in [1.807, 2.05) is 0 Å². The molecule has 0 aliphatic heterocycles. The Morgan fingerprint density at radius 1 is 1.22 bits per heavy atom. The first-order valence-corrected chi connectivity index (χ1v) is 3.71. The van der Waals surface area contributed by atoms with E-state index in [0.717, 1.165) is 0 Å². The van der Waals surface area contributed by atoms with E-state index in [1.165, 1.54) is 12.8 Å². The van der Waals surface area contributed by atoms with E-state index in [9.17, 15) is 0 Å². The maximum atomic E-state index is 2.33. The third-order valence-corrected chi connectivity index (χ3v) is 2.78. The second-order valence-electron chi connectivity index (χ2n) is 3.79. The molecule has 0 aromatic rings. The minimum Gasteiger partial charge on any atom is -0.0738 e. The van der Waals surface area contributed by atoms with Gasteiger partial charge in [0.25, 0.3) is 0 Å². The highest BCUT2D eigenvalue weighted by Gasteiger charge is 2.26. The molecule has 0 spiro atoms. The highest BCUT2D eigenvalue weighted by Crippen LogP contribution is 2.41. The fraction of sp³-hybridized carbons (Fsp3) is 0.778. The maximum absolute atomic E-state index is 2.33. The average Bonchev–Trinajstić information content (AvgIpc) is 1.97. The average molecular weight is 124 g/mol. The fourth-order valence-electron chi connectivity index (χ4n) is 1.45. The second kappa shape index (κ2) is 1.86. The van der Waals surface area contributed by atoms with Gasteiger partial charge >= 0.3 is 0 Å². The minimum absolute atomic E-state index is 0.504. The highest BCUT2D eigenvalue weighted by atomic mass is 14.3. The van der Waals surface area contributed by atoms with Gasteiger partial charge in [0.15, 0.2) is 0 Å². The number of hydrogen-bond acceptors (Lipinski definition) is 0. The van der Waals surface area contributed by atoms with Gasteiger partial charge in [-0.05, 0) is 32.1 Å². The number of hydrogen-bond donors (Lipinski definition) is 0. The van der Waals surface area contributed by atoms with Crippen molar-refractivity contribution in [2.24, 2.45) is 5.41 Å². The molecule has 1 aliphatic rings. The number of rotatable bonds is 0. The van der Waals surface area contributed by atoms with Crippen LogP contribution in [0.3, 0.4) is 0 Å². The summed E-state index contributed by atoms with van der Waals surface area (Å²) in [7, 11) is 0. The summed E-state index contributed by atoms with van der Waals surface area (Å²) < 4.78 is 0. The van der Waals surface area contributed by atoms with Crippen LogP contribution in [0.4, 0.5) is 0 Å². The van der Waals surface area contributed by atoms with E-state index in [1.54, 1.807) is 11.1 Å². The van der Waals surface area contributed by atoms with E-state index in [0.29, 0.717) is 5.41 Å². The Kier molecular flexibility index (Phi) is 1.42. The summed E-state index contributed by atoms with van der Waals surface area (Å²) in [6.45, 7) is 9.18. The van der Waals surface area contributed by atoms with E-state index >= 15 is 0 Å².